The predicted molar refractivity (Wildman–Crippen MR) is 255 cm³/mol. The van der Waals surface area contributed by atoms with Crippen molar-refractivity contribution in [2.45, 2.75) is 57.7 Å². The van der Waals surface area contributed by atoms with Gasteiger partial charge in [0.15, 0.2) is 5.82 Å². The van der Waals surface area contributed by atoms with E-state index in [1.54, 1.807) is 30.2 Å². The number of rotatable bonds is 15. The second-order valence-corrected chi connectivity index (χ2v) is 19.2. The van der Waals surface area contributed by atoms with Crippen LogP contribution in [0.15, 0.2) is 61.1 Å². The maximum Gasteiger partial charge on any atom is 0.255 e. The van der Waals surface area contributed by atoms with Crippen LogP contribution in [0, 0.1) is 0 Å². The molecule has 3 amide bonds. The number of carbonyl (C=O) groups excluding carboxylic acids is 3. The maximum absolute atomic E-state index is 13.2. The largest absolute Gasteiger partial charge is 0.494 e. The first-order chi connectivity index (χ1) is 32.3. The highest BCUT2D eigenvalue weighted by molar-refractivity contribution is 7.92. The Kier molecular flexibility index (Phi) is 13.3. The topological polar surface area (TPSA) is 216 Å². The van der Waals surface area contributed by atoms with E-state index < -0.39 is 22.0 Å². The smallest absolute Gasteiger partial charge is 0.255 e. The van der Waals surface area contributed by atoms with Crippen LogP contribution in [0.3, 0.4) is 0 Å². The summed E-state index contributed by atoms with van der Waals surface area (Å²) in [7, 11) is -2.04. The summed E-state index contributed by atoms with van der Waals surface area (Å²) in [6, 6.07) is 12.9. The molecule has 3 saturated heterocycles. The van der Waals surface area contributed by atoms with Gasteiger partial charge in [-0.05, 0) is 61.6 Å². The van der Waals surface area contributed by atoms with E-state index in [1.807, 2.05) is 12.1 Å². The molecular weight excluding hydrogens is 900 g/mol. The second-order valence-electron chi connectivity index (χ2n) is 17.1. The van der Waals surface area contributed by atoms with E-state index in [0.717, 1.165) is 88.1 Å². The number of nitrogens with zero attached hydrogens (tertiary/aromatic N) is 8. The lowest BCUT2D eigenvalue weighted by Crippen LogP contribution is -2.53. The maximum atomic E-state index is 13.2. The number of benzene rings is 3. The third-order valence-corrected chi connectivity index (χ3v) is 13.7. The van der Waals surface area contributed by atoms with Crippen molar-refractivity contribution in [1.29, 1.82) is 0 Å². The van der Waals surface area contributed by atoms with Crippen LogP contribution >= 0.6 is 11.6 Å². The molecule has 4 aliphatic heterocycles. The number of anilines is 6. The summed E-state index contributed by atoms with van der Waals surface area (Å²) in [5, 5.41) is 9.05. The zero-order valence-corrected chi connectivity index (χ0v) is 39.1. The number of aromatic nitrogens is 4. The number of ether oxygens (including phenoxy) is 2. The highest BCUT2D eigenvalue weighted by atomic mass is 35.5. The van der Waals surface area contributed by atoms with Gasteiger partial charge in [-0.25, -0.2) is 13.4 Å². The first kappa shape index (κ1) is 45.8. The standard InChI is InChI=1S/C46H53ClN12O7S/c1-4-28-24-35(52-46-50-26-32(47)43(54-46)51-34-9-8-33-41(49-15-14-48-33)42(34)55-67(3,63)64)39(65-2)25-37(28)58-16-12-29(13-17-58)57-20-18-56(19-21-57)22-23-66-38-7-5-6-30-31(38)27-59(45(30)62)36-10-11-40(60)53-44(36)61/h5-9,14-15,24-26,29,36,55H,4,10-13,16-23,27H2,1-3H3,(H,53,60,61)(H2,50,51,52,54). The lowest BCUT2D eigenvalue weighted by Gasteiger charge is -2.43. The number of fused-ring (bicyclic) bond motifs is 2. The third kappa shape index (κ3) is 10.0. The number of aryl methyl sites for hydroxylation is 1. The van der Waals surface area contributed by atoms with Crippen LogP contribution in [-0.2, 0) is 32.6 Å². The van der Waals surface area contributed by atoms with Crippen molar-refractivity contribution in [1.82, 2.24) is 40.0 Å². The van der Waals surface area contributed by atoms with E-state index in [-0.39, 0.29) is 47.3 Å². The Balaban J connectivity index is 0.782. The summed E-state index contributed by atoms with van der Waals surface area (Å²) >= 11 is 6.57. The first-order valence-corrected chi connectivity index (χ1v) is 24.7. The highest BCUT2D eigenvalue weighted by Gasteiger charge is 2.40. The molecule has 0 radical (unpaired) electrons. The average molecular weight is 954 g/mol. The molecule has 0 bridgehead atoms. The van der Waals surface area contributed by atoms with Crippen LogP contribution in [0.2, 0.25) is 5.02 Å². The summed E-state index contributed by atoms with van der Waals surface area (Å²) in [5.41, 5.74) is 5.77. The van der Waals surface area contributed by atoms with Gasteiger partial charge in [0.2, 0.25) is 27.8 Å². The molecule has 2 aromatic heterocycles. The molecular formula is C46H53ClN12O7S. The average Bonchev–Trinajstić information content (AvgIpc) is 3.66. The molecule has 352 valence electrons. The van der Waals surface area contributed by atoms with Gasteiger partial charge in [-0.2, -0.15) is 4.98 Å². The van der Waals surface area contributed by atoms with E-state index in [2.05, 4.69) is 74.4 Å². The molecule has 67 heavy (non-hydrogen) atoms. The van der Waals surface area contributed by atoms with Crippen molar-refractivity contribution >= 4 is 84.9 Å². The Bertz CT molecular complexity index is 2820. The fourth-order valence-corrected chi connectivity index (χ4v) is 10.2. The van der Waals surface area contributed by atoms with Gasteiger partial charge in [-0.1, -0.05) is 24.6 Å². The summed E-state index contributed by atoms with van der Waals surface area (Å²) in [6.07, 6.45) is 8.97. The van der Waals surface area contributed by atoms with Gasteiger partial charge < -0.3 is 29.9 Å². The van der Waals surface area contributed by atoms with Gasteiger partial charge in [-0.15, -0.1) is 0 Å². The molecule has 5 aromatic rings. The molecule has 19 nitrogen and oxygen atoms in total. The van der Waals surface area contributed by atoms with E-state index in [4.69, 9.17) is 21.1 Å². The van der Waals surface area contributed by atoms with Crippen molar-refractivity contribution in [2.24, 2.45) is 0 Å². The minimum absolute atomic E-state index is 0.206. The summed E-state index contributed by atoms with van der Waals surface area (Å²) in [4.78, 5) is 64.2. The van der Waals surface area contributed by atoms with Crippen LogP contribution in [0.5, 0.6) is 11.5 Å². The summed E-state index contributed by atoms with van der Waals surface area (Å²) in [6.45, 7) is 9.35. The molecule has 0 aliphatic carbocycles. The van der Waals surface area contributed by atoms with Gasteiger partial charge in [0.05, 0.1) is 48.7 Å². The van der Waals surface area contributed by atoms with Crippen LogP contribution in [0.1, 0.15) is 54.1 Å². The number of halogens is 1. The minimum Gasteiger partial charge on any atom is -0.494 e. The van der Waals surface area contributed by atoms with Gasteiger partial charge in [0, 0.05) is 93.6 Å². The zero-order chi connectivity index (χ0) is 46.8. The molecule has 3 fully saturated rings. The van der Waals surface area contributed by atoms with Gasteiger partial charge in [0.1, 0.15) is 34.7 Å². The SMILES string of the molecule is CCc1cc(Nc2ncc(Cl)c(Nc3ccc4nccnc4c3NS(C)(=O)=O)n2)c(OC)cc1N1CCC(N2CCN(CCOc3cccc4c3CN(C3CCC(=O)NC3=O)C4=O)CC2)CC1. The van der Waals surface area contributed by atoms with E-state index in [9.17, 15) is 22.8 Å². The monoisotopic (exact) mass is 952 g/mol. The number of carbonyl (C=O) groups is 3. The van der Waals surface area contributed by atoms with Crippen molar-refractivity contribution in [3.63, 3.8) is 0 Å². The number of hydrogen-bond donors (Lipinski definition) is 4. The van der Waals surface area contributed by atoms with Crippen molar-refractivity contribution < 1.29 is 32.3 Å². The number of hydrogen-bond acceptors (Lipinski definition) is 16. The van der Waals surface area contributed by atoms with E-state index in [0.29, 0.717) is 58.5 Å². The Labute approximate surface area is 393 Å². The first-order valence-electron chi connectivity index (χ1n) is 22.5. The molecule has 9 rings (SSSR count). The molecule has 0 saturated carbocycles. The molecule has 0 spiro atoms. The number of piperazine rings is 1. The molecule has 21 heteroatoms. The Morgan fingerprint density at radius 3 is 2.45 bits per heavy atom. The number of sulfonamides is 1. The number of piperidine rings is 2. The van der Waals surface area contributed by atoms with Crippen molar-refractivity contribution in [3.8, 4) is 11.5 Å². The lowest BCUT2D eigenvalue weighted by molar-refractivity contribution is -0.136. The van der Waals surface area contributed by atoms with Crippen LogP contribution < -0.4 is 35.0 Å². The normalized spacial score (nSPS) is 18.5. The Morgan fingerprint density at radius 2 is 1.70 bits per heavy atom. The predicted octanol–water partition coefficient (Wildman–Crippen LogP) is 4.93. The zero-order valence-electron chi connectivity index (χ0n) is 37.5. The summed E-state index contributed by atoms with van der Waals surface area (Å²) in [5.74, 6) is 0.863. The van der Waals surface area contributed by atoms with Gasteiger partial charge in [0.25, 0.3) is 5.91 Å². The second kappa shape index (κ2) is 19.5. The van der Waals surface area contributed by atoms with Gasteiger partial charge in [-0.3, -0.25) is 44.2 Å². The number of methoxy groups -OCH3 is 1. The highest BCUT2D eigenvalue weighted by Crippen LogP contribution is 2.39. The third-order valence-electron chi connectivity index (χ3n) is 12.9. The lowest BCUT2D eigenvalue weighted by atomic mass is 9.99. The van der Waals surface area contributed by atoms with Crippen molar-refractivity contribution in [3.05, 3.63) is 82.8 Å². The van der Waals surface area contributed by atoms with E-state index in [1.165, 1.54) is 18.6 Å². The molecule has 4 N–H and O–H groups in total. The molecule has 3 aromatic carbocycles. The van der Waals surface area contributed by atoms with E-state index >= 15 is 0 Å². The molecule has 4 aliphatic rings. The molecule has 1 atom stereocenters. The number of nitrogens with one attached hydrogen (secondary N) is 4. The molecule has 6 heterocycles. The quantitative estimate of drug-likeness (QED) is 0.102. The minimum atomic E-state index is -3.68. The molecule has 1 unspecified atom stereocenters. The van der Waals surface area contributed by atoms with Crippen LogP contribution in [0.25, 0.3) is 11.0 Å². The Hall–Kier alpha value is -6.35. The number of amides is 3. The van der Waals surface area contributed by atoms with Crippen molar-refractivity contribution in [2.75, 3.05) is 86.0 Å². The Morgan fingerprint density at radius 1 is 0.910 bits per heavy atom. The van der Waals surface area contributed by atoms with Gasteiger partial charge >= 0.3 is 0 Å². The van der Waals surface area contributed by atoms with Crippen LogP contribution in [0.4, 0.5) is 34.5 Å². The fourth-order valence-electron chi connectivity index (χ4n) is 9.45. The fraction of sp³-hybridized carbons (Fsp3) is 0.413. The number of imide groups is 1. The summed E-state index contributed by atoms with van der Waals surface area (Å²) < 4.78 is 39.4. The van der Waals surface area contributed by atoms with Crippen LogP contribution in [-0.4, -0.2) is 139 Å².